The van der Waals surface area contributed by atoms with E-state index in [9.17, 15) is 9.90 Å². The number of hydrogen-bond acceptors (Lipinski definition) is 4. The van der Waals surface area contributed by atoms with Gasteiger partial charge >= 0.3 is 5.91 Å². The van der Waals surface area contributed by atoms with Gasteiger partial charge in [-0.15, -0.1) is 10.2 Å². The van der Waals surface area contributed by atoms with Gasteiger partial charge < -0.3 is 9.67 Å². The van der Waals surface area contributed by atoms with Crippen molar-refractivity contribution in [3.05, 3.63) is 66.4 Å². The number of aryl methyl sites for hydroxylation is 1. The smallest absolute Gasteiger partial charge is 0.313 e. The van der Waals surface area contributed by atoms with Crippen molar-refractivity contribution in [2.75, 3.05) is 0 Å². The van der Waals surface area contributed by atoms with Crippen molar-refractivity contribution in [3.63, 3.8) is 0 Å². The highest BCUT2D eigenvalue weighted by molar-refractivity contribution is 5.97. The normalized spacial score (nSPS) is 11.6. The van der Waals surface area contributed by atoms with Crippen LogP contribution in [0.3, 0.4) is 0 Å². The summed E-state index contributed by atoms with van der Waals surface area (Å²) in [6.07, 6.45) is 0. The summed E-state index contributed by atoms with van der Waals surface area (Å²) in [5.41, 5.74) is 2.01. The van der Waals surface area contributed by atoms with E-state index in [1.54, 1.807) is 17.7 Å². The summed E-state index contributed by atoms with van der Waals surface area (Å²) >= 11 is 0. The van der Waals surface area contributed by atoms with Crippen molar-refractivity contribution < 1.29 is 9.90 Å². The topological polar surface area (TPSA) is 79.8 Å². The Balaban J connectivity index is 1.71. The largest absolute Gasteiger partial charge is 0.493 e. The Hall–Kier alpha value is -3.54. The summed E-state index contributed by atoms with van der Waals surface area (Å²) < 4.78 is 1.60. The number of pyridine rings is 1. The number of benzene rings is 2. The summed E-state index contributed by atoms with van der Waals surface area (Å²) in [5, 5.41) is 19.6. The van der Waals surface area contributed by atoms with Gasteiger partial charge in [-0.05, 0) is 18.2 Å². The van der Waals surface area contributed by atoms with Crippen LogP contribution < -0.4 is 0 Å². The van der Waals surface area contributed by atoms with Crippen LogP contribution in [0.1, 0.15) is 10.5 Å². The van der Waals surface area contributed by atoms with Crippen LogP contribution in [0.4, 0.5) is 5.69 Å². The Morgan fingerprint density at radius 2 is 1.80 bits per heavy atom. The van der Waals surface area contributed by atoms with Gasteiger partial charge in [0, 0.05) is 17.8 Å². The lowest BCUT2D eigenvalue weighted by Crippen LogP contribution is -1.97. The Morgan fingerprint density at radius 3 is 2.68 bits per heavy atom. The molecule has 0 saturated heterocycles. The van der Waals surface area contributed by atoms with Crippen molar-refractivity contribution in [2.24, 2.45) is 17.3 Å². The number of fused-ring (bicyclic) bond motifs is 2. The highest BCUT2D eigenvalue weighted by Crippen LogP contribution is 2.37. The number of rotatable bonds is 2. The van der Waals surface area contributed by atoms with E-state index in [2.05, 4.69) is 15.2 Å². The van der Waals surface area contributed by atoms with Gasteiger partial charge in [-0.3, -0.25) is 4.79 Å². The van der Waals surface area contributed by atoms with E-state index in [1.807, 2.05) is 54.6 Å². The molecule has 4 aromatic rings. The lowest BCUT2D eigenvalue weighted by atomic mass is 10.2. The number of hydrogen-bond donors (Lipinski definition) is 1. The molecular formula is C19H14N4O2. The first-order valence-electron chi connectivity index (χ1n) is 7.73. The van der Waals surface area contributed by atoms with Crippen LogP contribution in [0.5, 0.6) is 5.88 Å². The van der Waals surface area contributed by atoms with Crippen molar-refractivity contribution in [3.8, 4) is 5.88 Å². The monoisotopic (exact) mass is 330 g/mol. The first kappa shape index (κ1) is 15.0. The average Bonchev–Trinajstić information content (AvgIpc) is 2.90. The molecule has 0 bridgehead atoms. The molecule has 6 nitrogen and oxygen atoms in total. The number of carbonyl (C=O) groups excluding carboxylic acids is 1. The summed E-state index contributed by atoms with van der Waals surface area (Å²) in [6.45, 7) is 0. The first-order valence-corrected chi connectivity index (χ1v) is 7.73. The third kappa shape index (κ3) is 2.53. The molecule has 0 spiro atoms. The van der Waals surface area contributed by atoms with Gasteiger partial charge in [-0.2, -0.15) is 0 Å². The molecule has 0 fully saturated rings. The van der Waals surface area contributed by atoms with Crippen molar-refractivity contribution in [1.29, 1.82) is 0 Å². The van der Waals surface area contributed by atoms with Crippen LogP contribution in [0.15, 0.2) is 70.9 Å². The molecule has 0 saturated carbocycles. The van der Waals surface area contributed by atoms with E-state index in [4.69, 9.17) is 0 Å². The molecule has 1 N–H and O–H groups in total. The van der Waals surface area contributed by atoms with E-state index in [0.29, 0.717) is 0 Å². The SMILES string of the molecule is Cn1c(O)c(N=NC(=O)c2ccc3ccccc3n2)c2ccccc21. The lowest BCUT2D eigenvalue weighted by Gasteiger charge is -1.98. The number of aromatic nitrogens is 2. The van der Waals surface area contributed by atoms with Crippen LogP contribution in [0.2, 0.25) is 0 Å². The predicted octanol–water partition coefficient (Wildman–Crippen LogP) is 4.36. The zero-order valence-corrected chi connectivity index (χ0v) is 13.4. The zero-order valence-electron chi connectivity index (χ0n) is 13.4. The molecule has 0 atom stereocenters. The van der Waals surface area contributed by atoms with Gasteiger partial charge in [0.05, 0.1) is 11.0 Å². The van der Waals surface area contributed by atoms with E-state index < -0.39 is 5.91 Å². The number of azo groups is 1. The second-order valence-electron chi connectivity index (χ2n) is 5.64. The highest BCUT2D eigenvalue weighted by Gasteiger charge is 2.14. The standard InChI is InChI=1S/C19H14N4O2/c1-23-16-9-5-3-7-13(16)17(19(23)25)21-22-18(24)15-11-10-12-6-2-4-8-14(12)20-15/h2-11,25H,1H3. The maximum Gasteiger partial charge on any atom is 0.313 e. The van der Waals surface area contributed by atoms with E-state index in [0.717, 1.165) is 21.8 Å². The third-order valence-corrected chi connectivity index (χ3v) is 4.11. The van der Waals surface area contributed by atoms with Crippen LogP contribution in [0, 0.1) is 0 Å². The van der Waals surface area contributed by atoms with Crippen LogP contribution in [-0.4, -0.2) is 20.6 Å². The molecule has 0 aliphatic carbocycles. The van der Waals surface area contributed by atoms with Gasteiger partial charge in [-0.25, -0.2) is 4.98 Å². The van der Waals surface area contributed by atoms with Crippen LogP contribution >= 0.6 is 0 Å². The quantitative estimate of drug-likeness (QED) is 0.555. The summed E-state index contributed by atoms with van der Waals surface area (Å²) in [6, 6.07) is 18.4. The minimum atomic E-state index is -0.557. The number of aromatic hydroxyl groups is 1. The maximum absolute atomic E-state index is 12.3. The van der Waals surface area contributed by atoms with Gasteiger partial charge in [0.15, 0.2) is 5.69 Å². The Labute approximate surface area is 143 Å². The second-order valence-corrected chi connectivity index (χ2v) is 5.64. The van der Waals surface area contributed by atoms with E-state index in [-0.39, 0.29) is 17.3 Å². The third-order valence-electron chi connectivity index (χ3n) is 4.11. The molecule has 0 unspecified atom stereocenters. The van der Waals surface area contributed by atoms with Crippen LogP contribution in [-0.2, 0) is 7.05 Å². The maximum atomic E-state index is 12.3. The Morgan fingerprint density at radius 1 is 1.04 bits per heavy atom. The predicted molar refractivity (Wildman–Crippen MR) is 95.2 cm³/mol. The molecule has 122 valence electrons. The molecule has 2 aromatic heterocycles. The summed E-state index contributed by atoms with van der Waals surface area (Å²) in [7, 11) is 1.73. The molecule has 6 heteroatoms. The Kier molecular flexibility index (Phi) is 3.50. The molecule has 25 heavy (non-hydrogen) atoms. The summed E-state index contributed by atoms with van der Waals surface area (Å²) in [5.74, 6) is -0.595. The number of para-hydroxylation sites is 2. The Bertz CT molecular complexity index is 1140. The molecule has 0 aliphatic rings. The fourth-order valence-corrected chi connectivity index (χ4v) is 2.79. The molecule has 2 aromatic carbocycles. The summed E-state index contributed by atoms with van der Waals surface area (Å²) in [4.78, 5) is 16.6. The van der Waals surface area contributed by atoms with E-state index >= 15 is 0 Å². The van der Waals surface area contributed by atoms with Crippen molar-refractivity contribution >= 4 is 33.4 Å². The molecule has 4 rings (SSSR count). The molecule has 0 aliphatic heterocycles. The number of amides is 1. The highest BCUT2D eigenvalue weighted by atomic mass is 16.3. The number of nitrogens with zero attached hydrogens (tertiary/aromatic N) is 4. The fourth-order valence-electron chi connectivity index (χ4n) is 2.79. The first-order chi connectivity index (χ1) is 12.1. The molecule has 0 radical (unpaired) electrons. The second kappa shape index (κ2) is 5.83. The lowest BCUT2D eigenvalue weighted by molar-refractivity contribution is 0.0990. The minimum absolute atomic E-state index is 0.0378. The van der Waals surface area contributed by atoms with Crippen LogP contribution in [0.25, 0.3) is 21.8 Å². The fraction of sp³-hybridized carbons (Fsp3) is 0.0526. The number of carbonyl (C=O) groups is 1. The average molecular weight is 330 g/mol. The van der Waals surface area contributed by atoms with Gasteiger partial charge in [0.1, 0.15) is 5.69 Å². The van der Waals surface area contributed by atoms with E-state index in [1.165, 1.54) is 0 Å². The van der Waals surface area contributed by atoms with Gasteiger partial charge in [0.25, 0.3) is 0 Å². The van der Waals surface area contributed by atoms with Crippen molar-refractivity contribution in [2.45, 2.75) is 0 Å². The molecule has 1 amide bonds. The molecular weight excluding hydrogens is 316 g/mol. The van der Waals surface area contributed by atoms with Gasteiger partial charge in [-0.1, -0.05) is 42.5 Å². The minimum Gasteiger partial charge on any atom is -0.493 e. The molecule has 2 heterocycles. The van der Waals surface area contributed by atoms with Crippen molar-refractivity contribution in [1.82, 2.24) is 9.55 Å². The zero-order chi connectivity index (χ0) is 17.4. The van der Waals surface area contributed by atoms with Gasteiger partial charge in [0.2, 0.25) is 5.88 Å².